The molecule has 6 nitrogen and oxygen atoms in total. The Hall–Kier alpha value is -2.54. The molecule has 2 bridgehead atoms. The van der Waals surface area contributed by atoms with Crippen molar-refractivity contribution in [3.05, 3.63) is 70.3 Å². The van der Waals surface area contributed by atoms with E-state index < -0.39 is 12.2 Å². The zero-order chi connectivity index (χ0) is 26.6. The molecule has 0 saturated heterocycles. The molecule has 5 rings (SSSR count). The van der Waals surface area contributed by atoms with Gasteiger partial charge in [-0.2, -0.15) is 0 Å². The van der Waals surface area contributed by atoms with Crippen molar-refractivity contribution >= 4 is 23.2 Å². The van der Waals surface area contributed by atoms with E-state index in [1.165, 1.54) is 5.56 Å². The summed E-state index contributed by atoms with van der Waals surface area (Å²) in [6.45, 7) is 2.67. The van der Waals surface area contributed by atoms with Gasteiger partial charge in [0.25, 0.3) is 0 Å². The molecular weight excluding hydrogens is 500 g/mol. The Bertz CT molecular complexity index is 1170. The van der Waals surface area contributed by atoms with Gasteiger partial charge >= 0.3 is 0 Å². The van der Waals surface area contributed by atoms with E-state index in [0.29, 0.717) is 25.5 Å². The van der Waals surface area contributed by atoms with Gasteiger partial charge < -0.3 is 24.7 Å². The monoisotopic (exact) mass is 538 g/mol. The number of amides is 1. The summed E-state index contributed by atoms with van der Waals surface area (Å²) in [5.41, 5.74) is 4.03. The van der Waals surface area contributed by atoms with Gasteiger partial charge in [0.1, 0.15) is 12.4 Å². The summed E-state index contributed by atoms with van der Waals surface area (Å²) in [7, 11) is 1.76. The van der Waals surface area contributed by atoms with Crippen molar-refractivity contribution in [1.82, 2.24) is 4.90 Å². The quantitative estimate of drug-likeness (QED) is 0.446. The Kier molecular flexibility index (Phi) is 8.61. The van der Waals surface area contributed by atoms with Crippen molar-refractivity contribution < 1.29 is 19.7 Å². The maximum atomic E-state index is 12.8. The average molecular weight is 539 g/mol. The van der Waals surface area contributed by atoms with Crippen molar-refractivity contribution in [1.29, 1.82) is 0 Å². The molecule has 1 fully saturated rings. The molecule has 4 atom stereocenters. The van der Waals surface area contributed by atoms with Crippen molar-refractivity contribution in [3.8, 4) is 5.75 Å². The second kappa shape index (κ2) is 12.1. The number of hydrogen-bond donors (Lipinski definition) is 2. The molecular formula is C31H39ClN2O4. The van der Waals surface area contributed by atoms with Gasteiger partial charge in [-0.3, -0.25) is 4.79 Å². The van der Waals surface area contributed by atoms with Gasteiger partial charge in [-0.25, -0.2) is 0 Å². The summed E-state index contributed by atoms with van der Waals surface area (Å²) < 4.78 is 6.42. The molecule has 2 aromatic carbocycles. The van der Waals surface area contributed by atoms with Gasteiger partial charge in [0.15, 0.2) is 0 Å². The topological polar surface area (TPSA) is 73.2 Å². The minimum Gasteiger partial charge on any atom is -0.487 e. The summed E-state index contributed by atoms with van der Waals surface area (Å²) in [6, 6.07) is 11.8. The first kappa shape index (κ1) is 27.0. The predicted molar refractivity (Wildman–Crippen MR) is 151 cm³/mol. The van der Waals surface area contributed by atoms with Crippen LogP contribution < -0.4 is 9.64 Å². The molecule has 0 spiro atoms. The number of aliphatic hydroxyl groups is 2. The maximum Gasteiger partial charge on any atom is 0.225 e. The van der Waals surface area contributed by atoms with Crippen LogP contribution in [0.3, 0.4) is 0 Å². The summed E-state index contributed by atoms with van der Waals surface area (Å²) >= 11 is 6.30. The average Bonchev–Trinajstić information content (AvgIpc) is 2.91. The van der Waals surface area contributed by atoms with Crippen molar-refractivity contribution in [2.75, 3.05) is 31.6 Å². The predicted octanol–water partition coefficient (Wildman–Crippen LogP) is 5.29. The summed E-state index contributed by atoms with van der Waals surface area (Å²) in [4.78, 5) is 16.8. The molecule has 0 aromatic heterocycles. The second-order valence-corrected chi connectivity index (χ2v) is 11.5. The number of aliphatic hydroxyl groups excluding tert-OH is 2. The number of carbonyl (C=O) groups excluding carboxylic acids is 1. The highest BCUT2D eigenvalue weighted by Crippen LogP contribution is 2.41. The van der Waals surface area contributed by atoms with E-state index in [1.54, 1.807) is 11.9 Å². The molecule has 38 heavy (non-hydrogen) atoms. The number of halogens is 1. The van der Waals surface area contributed by atoms with E-state index in [2.05, 4.69) is 4.90 Å². The second-order valence-electron chi connectivity index (χ2n) is 11.1. The highest BCUT2D eigenvalue weighted by atomic mass is 35.5. The number of aryl methyl sites for hydroxylation is 1. The van der Waals surface area contributed by atoms with Gasteiger partial charge in [0.05, 0.1) is 24.3 Å². The number of carbonyl (C=O) groups is 1. The summed E-state index contributed by atoms with van der Waals surface area (Å²) in [5.74, 6) is 1.28. The molecule has 1 unspecified atom stereocenters. The minimum atomic E-state index is -0.889. The largest absolute Gasteiger partial charge is 0.487 e. The summed E-state index contributed by atoms with van der Waals surface area (Å²) in [5, 5.41) is 22.7. The normalized spacial score (nSPS) is 27.7. The zero-order valence-corrected chi connectivity index (χ0v) is 22.9. The Morgan fingerprint density at radius 3 is 2.71 bits per heavy atom. The van der Waals surface area contributed by atoms with E-state index in [4.69, 9.17) is 16.3 Å². The molecule has 2 aromatic rings. The Labute approximate surface area is 230 Å². The number of fused-ring (bicyclic) bond motifs is 3. The van der Waals surface area contributed by atoms with Gasteiger partial charge in [0.2, 0.25) is 5.91 Å². The molecule has 3 aliphatic rings. The third kappa shape index (κ3) is 6.19. The third-order valence-corrected chi connectivity index (χ3v) is 8.75. The SMILES string of the molecule is CN1CC/C=C/[C@H](O)C2CC[C@H]2CN2CCCCc3cc(Cl)ccc3COc3ccc(cc32)[C@@H](O)CC1=O. The van der Waals surface area contributed by atoms with Crippen LogP contribution in [0.25, 0.3) is 0 Å². The molecule has 2 aliphatic heterocycles. The molecule has 0 radical (unpaired) electrons. The van der Waals surface area contributed by atoms with Crippen LogP contribution in [-0.4, -0.2) is 53.8 Å². The number of hydrogen-bond acceptors (Lipinski definition) is 5. The van der Waals surface area contributed by atoms with E-state index in [1.807, 2.05) is 48.6 Å². The van der Waals surface area contributed by atoms with Crippen LogP contribution in [-0.2, 0) is 17.8 Å². The van der Waals surface area contributed by atoms with Crippen LogP contribution in [0.4, 0.5) is 5.69 Å². The molecule has 1 aliphatic carbocycles. The standard InChI is InChI=1S/C31H39ClN2O4/c1-33-14-4-3-7-28(35)26-12-9-23(26)19-34-15-5-2-6-21-16-25(32)11-8-24(21)20-38-30-13-10-22(17-27(30)34)29(36)18-31(33)37/h3,7-8,10-11,13,16-17,23,26,28-29,35-36H,2,4-6,9,12,14-15,18-20H2,1H3/b7-3+/t23-,26?,28-,29-/m0/s1. The molecule has 1 amide bonds. The molecule has 7 heteroatoms. The maximum absolute atomic E-state index is 12.8. The van der Waals surface area contributed by atoms with E-state index in [0.717, 1.165) is 72.8 Å². The fourth-order valence-electron chi connectivity index (χ4n) is 5.93. The summed E-state index contributed by atoms with van der Waals surface area (Å²) in [6.07, 6.45) is 8.31. The van der Waals surface area contributed by atoms with Crippen molar-refractivity contribution in [3.63, 3.8) is 0 Å². The Morgan fingerprint density at radius 2 is 1.89 bits per heavy atom. The van der Waals surface area contributed by atoms with Gasteiger partial charge in [-0.1, -0.05) is 35.9 Å². The fraction of sp³-hybridized carbons (Fsp3) is 0.516. The highest BCUT2D eigenvalue weighted by molar-refractivity contribution is 6.30. The lowest BCUT2D eigenvalue weighted by atomic mass is 9.70. The van der Waals surface area contributed by atoms with E-state index in [-0.39, 0.29) is 18.2 Å². The molecule has 204 valence electrons. The van der Waals surface area contributed by atoms with E-state index in [9.17, 15) is 15.0 Å². The third-order valence-electron chi connectivity index (χ3n) is 8.51. The zero-order valence-electron chi connectivity index (χ0n) is 22.2. The van der Waals surface area contributed by atoms with Gasteiger partial charge in [0, 0.05) is 31.7 Å². The number of nitrogens with zero attached hydrogens (tertiary/aromatic N) is 2. The first-order valence-corrected chi connectivity index (χ1v) is 14.3. The molecule has 1 saturated carbocycles. The fourth-order valence-corrected chi connectivity index (χ4v) is 6.12. The first-order chi connectivity index (χ1) is 18.4. The Balaban J connectivity index is 1.50. The lowest BCUT2D eigenvalue weighted by Crippen LogP contribution is -2.43. The molecule has 2 heterocycles. The van der Waals surface area contributed by atoms with Crippen LogP contribution in [0, 0.1) is 11.8 Å². The van der Waals surface area contributed by atoms with Crippen LogP contribution in [0.5, 0.6) is 5.75 Å². The lowest BCUT2D eigenvalue weighted by Gasteiger charge is -2.42. The number of anilines is 1. The van der Waals surface area contributed by atoms with Crippen molar-refractivity contribution in [2.45, 2.75) is 63.8 Å². The van der Waals surface area contributed by atoms with Gasteiger partial charge in [-0.05, 0) is 91.3 Å². The Morgan fingerprint density at radius 1 is 1.03 bits per heavy atom. The smallest absolute Gasteiger partial charge is 0.225 e. The van der Waals surface area contributed by atoms with Crippen molar-refractivity contribution in [2.24, 2.45) is 11.8 Å². The van der Waals surface area contributed by atoms with Gasteiger partial charge in [-0.15, -0.1) is 0 Å². The van der Waals surface area contributed by atoms with Crippen LogP contribution >= 0.6 is 11.6 Å². The number of ether oxygens (including phenoxy) is 1. The van der Waals surface area contributed by atoms with Crippen LogP contribution in [0.2, 0.25) is 5.02 Å². The van der Waals surface area contributed by atoms with Crippen LogP contribution in [0.15, 0.2) is 48.6 Å². The first-order valence-electron chi connectivity index (χ1n) is 13.9. The van der Waals surface area contributed by atoms with Crippen LogP contribution in [0.1, 0.15) is 61.3 Å². The number of rotatable bonds is 0. The van der Waals surface area contributed by atoms with E-state index >= 15 is 0 Å². The minimum absolute atomic E-state index is 0.0291. The lowest BCUT2D eigenvalue weighted by molar-refractivity contribution is -0.132. The molecule has 2 N–H and O–H groups in total. The number of benzene rings is 2. The highest BCUT2D eigenvalue weighted by Gasteiger charge is 2.37.